The van der Waals surface area contributed by atoms with Crippen molar-refractivity contribution in [2.24, 2.45) is 10.4 Å². The van der Waals surface area contributed by atoms with Crippen LogP contribution in [0.1, 0.15) is 26.3 Å². The van der Waals surface area contributed by atoms with Crippen molar-refractivity contribution in [2.45, 2.75) is 20.8 Å². The van der Waals surface area contributed by atoms with Gasteiger partial charge in [0.1, 0.15) is 5.84 Å². The Hall–Kier alpha value is -1.31. The van der Waals surface area contributed by atoms with Crippen LogP contribution in [-0.2, 0) is 0 Å². The Morgan fingerprint density at radius 3 is 2.19 bits per heavy atom. The van der Waals surface area contributed by atoms with Gasteiger partial charge in [-0.05, 0) is 5.41 Å². The van der Waals surface area contributed by atoms with E-state index in [-0.39, 0.29) is 5.41 Å². The fraction of sp³-hybridized carbons (Fsp3) is 0.500. The SMILES string of the molecule is C/N=C(/c1ccccc1)N(C)CC(C)(C)C. The maximum absolute atomic E-state index is 4.38. The highest BCUT2D eigenvalue weighted by Crippen LogP contribution is 2.16. The van der Waals surface area contributed by atoms with Gasteiger partial charge < -0.3 is 4.90 Å². The molecule has 1 aromatic carbocycles. The van der Waals surface area contributed by atoms with Gasteiger partial charge >= 0.3 is 0 Å². The predicted molar refractivity (Wildman–Crippen MR) is 71.0 cm³/mol. The summed E-state index contributed by atoms with van der Waals surface area (Å²) < 4.78 is 0. The smallest absolute Gasteiger partial charge is 0.130 e. The van der Waals surface area contributed by atoms with Crippen LogP contribution in [0.4, 0.5) is 0 Å². The van der Waals surface area contributed by atoms with Crippen molar-refractivity contribution in [3.63, 3.8) is 0 Å². The largest absolute Gasteiger partial charge is 0.359 e. The third-order valence-electron chi connectivity index (χ3n) is 2.32. The van der Waals surface area contributed by atoms with E-state index < -0.39 is 0 Å². The zero-order chi connectivity index (χ0) is 12.2. The van der Waals surface area contributed by atoms with E-state index >= 15 is 0 Å². The minimum Gasteiger partial charge on any atom is -0.359 e. The minimum atomic E-state index is 0.277. The molecule has 2 heteroatoms. The number of aliphatic imine (C=N–C) groups is 1. The van der Waals surface area contributed by atoms with E-state index in [1.165, 1.54) is 5.56 Å². The van der Waals surface area contributed by atoms with Gasteiger partial charge in [0.2, 0.25) is 0 Å². The fourth-order valence-electron chi connectivity index (χ4n) is 1.89. The quantitative estimate of drug-likeness (QED) is 0.550. The van der Waals surface area contributed by atoms with Crippen LogP contribution in [0.2, 0.25) is 0 Å². The molecule has 1 rings (SSSR count). The second-order valence-electron chi connectivity index (χ2n) is 5.33. The molecular weight excluding hydrogens is 196 g/mol. The van der Waals surface area contributed by atoms with Crippen LogP contribution < -0.4 is 0 Å². The summed E-state index contributed by atoms with van der Waals surface area (Å²) in [5.74, 6) is 1.05. The van der Waals surface area contributed by atoms with E-state index in [2.05, 4.69) is 49.8 Å². The van der Waals surface area contributed by atoms with Gasteiger partial charge in [0.05, 0.1) is 0 Å². The van der Waals surface area contributed by atoms with E-state index in [0.29, 0.717) is 0 Å². The molecule has 0 aliphatic rings. The molecule has 0 aromatic heterocycles. The molecule has 0 unspecified atom stereocenters. The van der Waals surface area contributed by atoms with Crippen molar-refractivity contribution >= 4 is 5.84 Å². The van der Waals surface area contributed by atoms with Gasteiger partial charge in [-0.15, -0.1) is 0 Å². The predicted octanol–water partition coefficient (Wildman–Crippen LogP) is 3.04. The maximum atomic E-state index is 4.38. The Balaban J connectivity index is 2.85. The summed E-state index contributed by atoms with van der Waals surface area (Å²) in [5, 5.41) is 0. The summed E-state index contributed by atoms with van der Waals surface area (Å²) in [7, 11) is 3.95. The van der Waals surface area contributed by atoms with Crippen LogP contribution in [0.3, 0.4) is 0 Å². The molecule has 0 bridgehead atoms. The summed E-state index contributed by atoms with van der Waals surface area (Å²) in [5.41, 5.74) is 1.45. The third kappa shape index (κ3) is 3.69. The molecule has 0 spiro atoms. The molecule has 0 aliphatic heterocycles. The van der Waals surface area contributed by atoms with Crippen LogP contribution in [-0.4, -0.2) is 31.4 Å². The van der Waals surface area contributed by atoms with Gasteiger partial charge in [0, 0.05) is 26.2 Å². The lowest BCUT2D eigenvalue weighted by Crippen LogP contribution is -2.35. The molecule has 0 aliphatic carbocycles. The fourth-order valence-corrected chi connectivity index (χ4v) is 1.89. The van der Waals surface area contributed by atoms with Crippen LogP contribution >= 0.6 is 0 Å². The first-order valence-electron chi connectivity index (χ1n) is 5.67. The number of hydrogen-bond acceptors (Lipinski definition) is 1. The van der Waals surface area contributed by atoms with Crippen molar-refractivity contribution in [3.8, 4) is 0 Å². The molecule has 88 valence electrons. The van der Waals surface area contributed by atoms with Crippen molar-refractivity contribution < 1.29 is 0 Å². The first-order valence-corrected chi connectivity index (χ1v) is 5.67. The summed E-state index contributed by atoms with van der Waals surface area (Å²) in [6, 6.07) is 10.3. The second-order valence-corrected chi connectivity index (χ2v) is 5.33. The number of benzene rings is 1. The number of amidine groups is 1. The zero-order valence-corrected chi connectivity index (χ0v) is 11.0. The molecule has 0 amide bonds. The van der Waals surface area contributed by atoms with Crippen molar-refractivity contribution in [2.75, 3.05) is 20.6 Å². The Kier molecular flexibility index (Phi) is 4.11. The second kappa shape index (κ2) is 5.15. The minimum absolute atomic E-state index is 0.277. The summed E-state index contributed by atoms with van der Waals surface area (Å²) in [6.45, 7) is 7.71. The molecular formula is C14H22N2. The molecule has 16 heavy (non-hydrogen) atoms. The molecule has 2 nitrogen and oxygen atoms in total. The van der Waals surface area contributed by atoms with E-state index in [4.69, 9.17) is 0 Å². The third-order valence-corrected chi connectivity index (χ3v) is 2.32. The standard InChI is InChI=1S/C14H22N2/c1-14(2,3)11-16(5)13(15-4)12-9-7-6-8-10-12/h6-10H,11H2,1-5H3/b15-13-. The van der Waals surface area contributed by atoms with Gasteiger partial charge in [0.15, 0.2) is 0 Å². The van der Waals surface area contributed by atoms with Crippen LogP contribution in [0.5, 0.6) is 0 Å². The van der Waals surface area contributed by atoms with Gasteiger partial charge in [0.25, 0.3) is 0 Å². The highest BCUT2D eigenvalue weighted by Gasteiger charge is 2.16. The number of rotatable bonds is 2. The van der Waals surface area contributed by atoms with Crippen LogP contribution in [0.25, 0.3) is 0 Å². The molecule has 0 saturated heterocycles. The van der Waals surface area contributed by atoms with Crippen LogP contribution in [0, 0.1) is 5.41 Å². The van der Waals surface area contributed by atoms with E-state index in [9.17, 15) is 0 Å². The van der Waals surface area contributed by atoms with Crippen molar-refractivity contribution in [1.29, 1.82) is 0 Å². The lowest BCUT2D eigenvalue weighted by Gasteiger charge is -2.29. The van der Waals surface area contributed by atoms with Crippen LogP contribution in [0.15, 0.2) is 35.3 Å². The normalized spacial score (nSPS) is 12.7. The van der Waals surface area contributed by atoms with E-state index in [1.54, 1.807) is 0 Å². The molecule has 0 atom stereocenters. The topological polar surface area (TPSA) is 15.6 Å². The highest BCUT2D eigenvalue weighted by atomic mass is 15.2. The lowest BCUT2D eigenvalue weighted by atomic mass is 9.96. The average molecular weight is 218 g/mol. The highest BCUT2D eigenvalue weighted by molar-refractivity contribution is 5.98. The maximum Gasteiger partial charge on any atom is 0.130 e. The molecule has 0 N–H and O–H groups in total. The zero-order valence-electron chi connectivity index (χ0n) is 11.0. The van der Waals surface area contributed by atoms with Gasteiger partial charge in [-0.25, -0.2) is 0 Å². The van der Waals surface area contributed by atoms with E-state index in [1.807, 2.05) is 25.2 Å². The first kappa shape index (κ1) is 12.8. The van der Waals surface area contributed by atoms with Gasteiger partial charge in [-0.3, -0.25) is 4.99 Å². The molecule has 0 saturated carbocycles. The van der Waals surface area contributed by atoms with Gasteiger partial charge in [-0.1, -0.05) is 51.1 Å². The Bertz CT molecular complexity index is 347. The van der Waals surface area contributed by atoms with Gasteiger partial charge in [-0.2, -0.15) is 0 Å². The summed E-state index contributed by atoms with van der Waals surface area (Å²) in [6.07, 6.45) is 0. The van der Waals surface area contributed by atoms with Crippen molar-refractivity contribution in [1.82, 2.24) is 4.90 Å². The number of nitrogens with zero attached hydrogens (tertiary/aromatic N) is 2. The average Bonchev–Trinajstić information content (AvgIpc) is 2.17. The number of hydrogen-bond donors (Lipinski definition) is 0. The summed E-state index contributed by atoms with van der Waals surface area (Å²) >= 11 is 0. The molecule has 0 fully saturated rings. The first-order chi connectivity index (χ1) is 7.44. The summed E-state index contributed by atoms with van der Waals surface area (Å²) in [4.78, 5) is 6.60. The monoisotopic (exact) mass is 218 g/mol. The molecule has 0 radical (unpaired) electrons. The van der Waals surface area contributed by atoms with E-state index in [0.717, 1.165) is 12.4 Å². The molecule has 1 aromatic rings. The Labute approximate surface area is 99.0 Å². The lowest BCUT2D eigenvalue weighted by molar-refractivity contribution is 0.306. The molecule has 0 heterocycles. The van der Waals surface area contributed by atoms with Crippen molar-refractivity contribution in [3.05, 3.63) is 35.9 Å². The Morgan fingerprint density at radius 2 is 1.75 bits per heavy atom. The Morgan fingerprint density at radius 1 is 1.19 bits per heavy atom.